The summed E-state index contributed by atoms with van der Waals surface area (Å²) < 4.78 is 21.6. The van der Waals surface area contributed by atoms with Crippen LogP contribution in [-0.2, 0) is 10.0 Å². The molecule has 1 fully saturated rings. The van der Waals surface area contributed by atoms with Gasteiger partial charge in [-0.2, -0.15) is 0 Å². The minimum absolute atomic E-state index is 0.121. The quantitative estimate of drug-likeness (QED) is 0.685. The highest BCUT2D eigenvalue weighted by atomic mass is 32.2. The highest BCUT2D eigenvalue weighted by Gasteiger charge is 2.23. The van der Waals surface area contributed by atoms with E-state index in [1.54, 1.807) is 0 Å². The highest BCUT2D eigenvalue weighted by molar-refractivity contribution is 7.89. The standard InChI is InChI=1S/C9H19NO3S/c10-14(12,13)7-9(11)8-5-3-1-2-4-6-8/h8-9,11H,1-7H2,(H2,10,12,13). The Morgan fingerprint density at radius 1 is 1.21 bits per heavy atom. The van der Waals surface area contributed by atoms with E-state index >= 15 is 0 Å². The Hall–Kier alpha value is -0.130. The average molecular weight is 221 g/mol. The first-order chi connectivity index (χ1) is 6.49. The SMILES string of the molecule is NS(=O)(=O)CC(O)C1CCCCCC1. The molecule has 0 saturated heterocycles. The van der Waals surface area contributed by atoms with Gasteiger partial charge in [-0.15, -0.1) is 0 Å². The molecule has 5 heteroatoms. The number of aliphatic hydroxyl groups is 1. The molecule has 4 nitrogen and oxygen atoms in total. The predicted molar refractivity (Wildman–Crippen MR) is 55.2 cm³/mol. The Morgan fingerprint density at radius 2 is 1.71 bits per heavy atom. The molecule has 0 aliphatic heterocycles. The van der Waals surface area contributed by atoms with Gasteiger partial charge in [-0.05, 0) is 18.8 Å². The van der Waals surface area contributed by atoms with E-state index in [1.165, 1.54) is 12.8 Å². The van der Waals surface area contributed by atoms with Gasteiger partial charge in [0.1, 0.15) is 0 Å². The summed E-state index contributed by atoms with van der Waals surface area (Å²) in [5.41, 5.74) is 0. The van der Waals surface area contributed by atoms with Crippen molar-refractivity contribution in [3.63, 3.8) is 0 Å². The third kappa shape index (κ3) is 4.39. The van der Waals surface area contributed by atoms with Gasteiger partial charge in [0.15, 0.2) is 0 Å². The molecular weight excluding hydrogens is 202 g/mol. The smallest absolute Gasteiger partial charge is 0.211 e. The molecule has 0 amide bonds. The number of sulfonamides is 1. The zero-order valence-electron chi connectivity index (χ0n) is 8.35. The molecule has 1 atom stereocenters. The van der Waals surface area contributed by atoms with E-state index in [2.05, 4.69) is 0 Å². The Bertz CT molecular complexity index is 255. The van der Waals surface area contributed by atoms with Gasteiger partial charge >= 0.3 is 0 Å². The lowest BCUT2D eigenvalue weighted by Gasteiger charge is -2.19. The van der Waals surface area contributed by atoms with Gasteiger partial charge in [0, 0.05) is 0 Å². The maximum absolute atomic E-state index is 10.8. The van der Waals surface area contributed by atoms with Crippen molar-refractivity contribution in [2.75, 3.05) is 5.75 Å². The number of primary sulfonamides is 1. The lowest BCUT2D eigenvalue weighted by molar-refractivity contribution is 0.118. The molecule has 1 rings (SSSR count). The topological polar surface area (TPSA) is 80.4 Å². The first kappa shape index (κ1) is 11.9. The second-order valence-electron chi connectivity index (χ2n) is 4.15. The molecule has 0 aromatic carbocycles. The first-order valence-electron chi connectivity index (χ1n) is 5.17. The van der Waals surface area contributed by atoms with Crippen LogP contribution in [0, 0.1) is 5.92 Å². The van der Waals surface area contributed by atoms with Gasteiger partial charge in [-0.1, -0.05) is 25.7 Å². The largest absolute Gasteiger partial charge is 0.392 e. The van der Waals surface area contributed by atoms with Gasteiger partial charge < -0.3 is 5.11 Å². The van der Waals surface area contributed by atoms with Gasteiger partial charge in [0.2, 0.25) is 10.0 Å². The molecule has 1 aliphatic carbocycles. The maximum Gasteiger partial charge on any atom is 0.211 e. The van der Waals surface area contributed by atoms with E-state index in [4.69, 9.17) is 5.14 Å². The van der Waals surface area contributed by atoms with Crippen molar-refractivity contribution >= 4 is 10.0 Å². The molecule has 0 bridgehead atoms. The number of aliphatic hydroxyl groups excluding tert-OH is 1. The zero-order valence-corrected chi connectivity index (χ0v) is 9.17. The van der Waals surface area contributed by atoms with Crippen LogP contribution in [0.15, 0.2) is 0 Å². The second kappa shape index (κ2) is 5.09. The summed E-state index contributed by atoms with van der Waals surface area (Å²) in [6, 6.07) is 0. The normalized spacial score (nSPS) is 23.0. The van der Waals surface area contributed by atoms with Crippen LogP contribution < -0.4 is 5.14 Å². The summed E-state index contributed by atoms with van der Waals surface area (Å²) in [5.74, 6) is -0.173. The number of hydrogen-bond donors (Lipinski definition) is 2. The number of rotatable bonds is 3. The van der Waals surface area contributed by atoms with E-state index in [0.29, 0.717) is 0 Å². The molecule has 84 valence electrons. The maximum atomic E-state index is 10.8. The van der Waals surface area contributed by atoms with Crippen molar-refractivity contribution in [1.82, 2.24) is 0 Å². The summed E-state index contributed by atoms with van der Waals surface area (Å²) in [4.78, 5) is 0. The van der Waals surface area contributed by atoms with E-state index < -0.39 is 16.1 Å². The van der Waals surface area contributed by atoms with Crippen LogP contribution in [-0.4, -0.2) is 25.4 Å². The molecule has 3 N–H and O–H groups in total. The predicted octanol–water partition coefficient (Wildman–Crippen LogP) is 0.606. The Labute approximate surface area is 85.5 Å². The monoisotopic (exact) mass is 221 g/mol. The number of hydrogen-bond acceptors (Lipinski definition) is 3. The van der Waals surface area contributed by atoms with E-state index in [1.807, 2.05) is 0 Å². The fourth-order valence-corrected chi connectivity index (χ4v) is 2.82. The van der Waals surface area contributed by atoms with Crippen molar-refractivity contribution in [2.45, 2.75) is 44.6 Å². The molecule has 14 heavy (non-hydrogen) atoms. The Kier molecular flexibility index (Phi) is 4.34. The number of nitrogens with two attached hydrogens (primary N) is 1. The molecule has 0 aromatic heterocycles. The second-order valence-corrected chi connectivity index (χ2v) is 5.81. The summed E-state index contributed by atoms with van der Waals surface area (Å²) in [6.07, 6.45) is 5.64. The minimum atomic E-state index is -3.53. The van der Waals surface area contributed by atoms with Crippen molar-refractivity contribution in [3.8, 4) is 0 Å². The Balaban J connectivity index is 2.45. The summed E-state index contributed by atoms with van der Waals surface area (Å²) in [5, 5.41) is 14.6. The lowest BCUT2D eigenvalue weighted by Crippen LogP contribution is -2.32. The fourth-order valence-electron chi connectivity index (χ4n) is 2.07. The molecule has 0 aromatic rings. The van der Waals surface area contributed by atoms with Gasteiger partial charge in [0.25, 0.3) is 0 Å². The van der Waals surface area contributed by atoms with Gasteiger partial charge in [-0.3, -0.25) is 0 Å². The third-order valence-electron chi connectivity index (χ3n) is 2.85. The summed E-state index contributed by atoms with van der Waals surface area (Å²) in [6.45, 7) is 0. The molecule has 1 saturated carbocycles. The summed E-state index contributed by atoms with van der Waals surface area (Å²) in [7, 11) is -3.53. The van der Waals surface area contributed by atoms with Crippen molar-refractivity contribution in [1.29, 1.82) is 0 Å². The fraction of sp³-hybridized carbons (Fsp3) is 1.00. The summed E-state index contributed by atoms with van der Waals surface area (Å²) >= 11 is 0. The molecule has 1 aliphatic rings. The molecule has 1 unspecified atom stereocenters. The third-order valence-corrected chi connectivity index (χ3v) is 3.65. The molecule has 0 radical (unpaired) electrons. The van der Waals surface area contributed by atoms with Gasteiger partial charge in [0.05, 0.1) is 11.9 Å². The molecule has 0 spiro atoms. The molecular formula is C9H19NO3S. The van der Waals surface area contributed by atoms with E-state index in [-0.39, 0.29) is 11.7 Å². The van der Waals surface area contributed by atoms with Crippen molar-refractivity contribution in [2.24, 2.45) is 11.1 Å². The van der Waals surface area contributed by atoms with Crippen LogP contribution in [0.4, 0.5) is 0 Å². The molecule has 0 heterocycles. The van der Waals surface area contributed by atoms with Crippen LogP contribution >= 0.6 is 0 Å². The average Bonchev–Trinajstić information content (AvgIpc) is 2.27. The lowest BCUT2D eigenvalue weighted by atomic mass is 9.95. The van der Waals surface area contributed by atoms with Crippen LogP contribution in [0.5, 0.6) is 0 Å². The van der Waals surface area contributed by atoms with Crippen LogP contribution in [0.3, 0.4) is 0 Å². The van der Waals surface area contributed by atoms with Crippen LogP contribution in [0.2, 0.25) is 0 Å². The Morgan fingerprint density at radius 3 is 2.14 bits per heavy atom. The van der Waals surface area contributed by atoms with Crippen LogP contribution in [0.25, 0.3) is 0 Å². The first-order valence-corrected chi connectivity index (χ1v) is 6.89. The van der Waals surface area contributed by atoms with Gasteiger partial charge in [-0.25, -0.2) is 13.6 Å². The zero-order chi connectivity index (χ0) is 10.6. The van der Waals surface area contributed by atoms with E-state index in [0.717, 1.165) is 25.7 Å². The van der Waals surface area contributed by atoms with E-state index in [9.17, 15) is 13.5 Å². The highest BCUT2D eigenvalue weighted by Crippen LogP contribution is 2.25. The van der Waals surface area contributed by atoms with Crippen molar-refractivity contribution in [3.05, 3.63) is 0 Å². The van der Waals surface area contributed by atoms with Crippen molar-refractivity contribution < 1.29 is 13.5 Å². The van der Waals surface area contributed by atoms with Crippen LogP contribution in [0.1, 0.15) is 38.5 Å². The minimum Gasteiger partial charge on any atom is -0.392 e.